The molecule has 0 bridgehead atoms. The van der Waals surface area contributed by atoms with Gasteiger partial charge in [0.15, 0.2) is 0 Å². The summed E-state index contributed by atoms with van der Waals surface area (Å²) in [4.78, 5) is 16.4. The zero-order valence-corrected chi connectivity index (χ0v) is 15.0. The molecule has 4 nitrogen and oxygen atoms in total. The highest BCUT2D eigenvalue weighted by atomic mass is 79.9. The first kappa shape index (κ1) is 15.7. The molecule has 1 aliphatic rings. The van der Waals surface area contributed by atoms with Crippen LogP contribution in [0.3, 0.4) is 0 Å². The number of halogens is 1. The van der Waals surface area contributed by atoms with E-state index >= 15 is 0 Å². The van der Waals surface area contributed by atoms with Gasteiger partial charge < -0.3 is 9.47 Å². The molecule has 22 heavy (non-hydrogen) atoms. The minimum absolute atomic E-state index is 0.0601. The second-order valence-electron chi connectivity index (χ2n) is 5.58. The summed E-state index contributed by atoms with van der Waals surface area (Å²) < 4.78 is 12.3. The Kier molecular flexibility index (Phi) is 4.68. The van der Waals surface area contributed by atoms with Gasteiger partial charge in [0.1, 0.15) is 5.75 Å². The Morgan fingerprint density at radius 2 is 2.00 bits per heavy atom. The normalized spacial score (nSPS) is 21.8. The van der Waals surface area contributed by atoms with Crippen LogP contribution in [-0.4, -0.2) is 25.2 Å². The number of carbonyl (C=O) groups excluding carboxylic acids is 1. The molecule has 0 spiro atoms. The van der Waals surface area contributed by atoms with Crippen molar-refractivity contribution in [1.29, 1.82) is 0 Å². The molecule has 1 aliphatic carbocycles. The van der Waals surface area contributed by atoms with E-state index in [9.17, 15) is 4.79 Å². The van der Waals surface area contributed by atoms with E-state index in [0.29, 0.717) is 5.92 Å². The van der Waals surface area contributed by atoms with Crippen molar-refractivity contribution in [3.63, 3.8) is 0 Å². The van der Waals surface area contributed by atoms with Gasteiger partial charge in [-0.25, -0.2) is 4.98 Å². The standard InChI is InChI=1S/C16H18BrNO3S/c1-20-13-8-12-14(7-11(13)17)22-15(18-12)9-3-5-10(6-4-9)16(19)21-2/h7-10H,3-6H2,1-2H3. The molecular formula is C16H18BrNO3S. The smallest absolute Gasteiger partial charge is 0.308 e. The van der Waals surface area contributed by atoms with Crippen LogP contribution >= 0.6 is 27.3 Å². The van der Waals surface area contributed by atoms with Crippen LogP contribution in [-0.2, 0) is 9.53 Å². The summed E-state index contributed by atoms with van der Waals surface area (Å²) in [5.41, 5.74) is 0.982. The maximum Gasteiger partial charge on any atom is 0.308 e. The molecule has 0 saturated heterocycles. The molecule has 3 rings (SSSR count). The van der Waals surface area contributed by atoms with Gasteiger partial charge in [0.25, 0.3) is 0 Å². The maximum absolute atomic E-state index is 11.6. The largest absolute Gasteiger partial charge is 0.495 e. The van der Waals surface area contributed by atoms with Gasteiger partial charge in [-0.1, -0.05) is 0 Å². The molecule has 1 aromatic carbocycles. The Bertz CT molecular complexity index is 692. The number of carbonyl (C=O) groups is 1. The summed E-state index contributed by atoms with van der Waals surface area (Å²) >= 11 is 5.26. The van der Waals surface area contributed by atoms with Crippen LogP contribution < -0.4 is 4.74 Å². The minimum Gasteiger partial charge on any atom is -0.495 e. The summed E-state index contributed by atoms with van der Waals surface area (Å²) in [6, 6.07) is 4.04. The molecule has 0 aliphatic heterocycles. The minimum atomic E-state index is -0.0728. The van der Waals surface area contributed by atoms with Crippen LogP contribution in [0, 0.1) is 5.92 Å². The van der Waals surface area contributed by atoms with Gasteiger partial charge in [-0.05, 0) is 47.7 Å². The first-order valence-corrected chi connectivity index (χ1v) is 8.95. The molecule has 0 N–H and O–H groups in total. The molecule has 6 heteroatoms. The molecule has 118 valence electrons. The quantitative estimate of drug-likeness (QED) is 0.731. The molecule has 2 aromatic rings. The van der Waals surface area contributed by atoms with E-state index in [1.54, 1.807) is 18.4 Å². The summed E-state index contributed by atoms with van der Waals surface area (Å²) in [5.74, 6) is 1.24. The average Bonchev–Trinajstić information content (AvgIpc) is 2.96. The van der Waals surface area contributed by atoms with E-state index in [-0.39, 0.29) is 11.9 Å². The Morgan fingerprint density at radius 3 is 2.64 bits per heavy atom. The third-order valence-electron chi connectivity index (χ3n) is 4.29. The number of thiazole rings is 1. The van der Waals surface area contributed by atoms with Crippen molar-refractivity contribution < 1.29 is 14.3 Å². The molecule has 0 radical (unpaired) electrons. The second kappa shape index (κ2) is 6.54. The van der Waals surface area contributed by atoms with E-state index in [0.717, 1.165) is 46.1 Å². The average molecular weight is 384 g/mol. The summed E-state index contributed by atoms with van der Waals surface area (Å²) in [7, 11) is 3.13. The van der Waals surface area contributed by atoms with Crippen molar-refractivity contribution in [1.82, 2.24) is 4.98 Å². The lowest BCUT2D eigenvalue weighted by Crippen LogP contribution is -2.22. The Labute approximate surface area is 142 Å². The highest BCUT2D eigenvalue weighted by Crippen LogP contribution is 2.41. The number of hydrogen-bond donors (Lipinski definition) is 0. The van der Waals surface area contributed by atoms with E-state index in [1.165, 1.54) is 12.1 Å². The zero-order chi connectivity index (χ0) is 15.7. The van der Waals surface area contributed by atoms with Gasteiger partial charge >= 0.3 is 5.97 Å². The number of fused-ring (bicyclic) bond motifs is 1. The van der Waals surface area contributed by atoms with Crippen LogP contribution in [0.2, 0.25) is 0 Å². The molecule has 1 saturated carbocycles. The third kappa shape index (κ3) is 2.99. The molecule has 1 fully saturated rings. The highest BCUT2D eigenvalue weighted by molar-refractivity contribution is 9.10. The third-order valence-corrected chi connectivity index (χ3v) is 6.09. The van der Waals surface area contributed by atoms with Crippen LogP contribution in [0.1, 0.15) is 36.6 Å². The first-order valence-electron chi connectivity index (χ1n) is 7.34. The molecule has 0 unspecified atom stereocenters. The van der Waals surface area contributed by atoms with Crippen molar-refractivity contribution in [2.45, 2.75) is 31.6 Å². The number of esters is 1. The van der Waals surface area contributed by atoms with E-state index in [2.05, 4.69) is 22.0 Å². The van der Waals surface area contributed by atoms with E-state index in [1.807, 2.05) is 6.07 Å². The van der Waals surface area contributed by atoms with Gasteiger partial charge in [-0.15, -0.1) is 11.3 Å². The number of aromatic nitrogens is 1. The van der Waals surface area contributed by atoms with E-state index < -0.39 is 0 Å². The van der Waals surface area contributed by atoms with Gasteiger partial charge in [0.2, 0.25) is 0 Å². The van der Waals surface area contributed by atoms with Crippen LogP contribution in [0.4, 0.5) is 0 Å². The first-order chi connectivity index (χ1) is 10.6. The predicted octanol–water partition coefficient (Wildman–Crippen LogP) is 4.51. The Morgan fingerprint density at radius 1 is 1.27 bits per heavy atom. The van der Waals surface area contributed by atoms with Crippen molar-refractivity contribution in [3.05, 3.63) is 21.6 Å². The Balaban J connectivity index is 1.79. The summed E-state index contributed by atoms with van der Waals surface area (Å²) in [6.45, 7) is 0. The van der Waals surface area contributed by atoms with Gasteiger partial charge in [0, 0.05) is 12.0 Å². The van der Waals surface area contributed by atoms with Crippen LogP contribution in [0.25, 0.3) is 10.2 Å². The number of benzene rings is 1. The lowest BCUT2D eigenvalue weighted by atomic mass is 9.82. The number of hydrogen-bond acceptors (Lipinski definition) is 5. The lowest BCUT2D eigenvalue weighted by molar-refractivity contribution is -0.146. The lowest BCUT2D eigenvalue weighted by Gasteiger charge is -2.25. The monoisotopic (exact) mass is 383 g/mol. The SMILES string of the molecule is COC(=O)C1CCC(c2nc3cc(OC)c(Br)cc3s2)CC1. The van der Waals surface area contributed by atoms with Crippen molar-refractivity contribution in [2.75, 3.05) is 14.2 Å². The number of methoxy groups -OCH3 is 2. The van der Waals surface area contributed by atoms with Gasteiger partial charge in [-0.3, -0.25) is 4.79 Å². The fraction of sp³-hybridized carbons (Fsp3) is 0.500. The molecule has 1 aromatic heterocycles. The molecular weight excluding hydrogens is 366 g/mol. The predicted molar refractivity (Wildman–Crippen MR) is 90.6 cm³/mol. The highest BCUT2D eigenvalue weighted by Gasteiger charge is 2.29. The van der Waals surface area contributed by atoms with E-state index in [4.69, 9.17) is 14.5 Å². The van der Waals surface area contributed by atoms with Crippen molar-refractivity contribution in [2.24, 2.45) is 5.92 Å². The number of ether oxygens (including phenoxy) is 2. The molecule has 1 heterocycles. The summed E-state index contributed by atoms with van der Waals surface area (Å²) in [6.07, 6.45) is 3.77. The number of rotatable bonds is 3. The van der Waals surface area contributed by atoms with Gasteiger partial charge in [0.05, 0.1) is 39.8 Å². The zero-order valence-electron chi connectivity index (χ0n) is 12.6. The topological polar surface area (TPSA) is 48.4 Å². The Hall–Kier alpha value is -1.14. The fourth-order valence-corrected chi connectivity index (χ4v) is 4.84. The number of nitrogens with zero attached hydrogens (tertiary/aromatic N) is 1. The molecule has 0 atom stereocenters. The van der Waals surface area contributed by atoms with Gasteiger partial charge in [-0.2, -0.15) is 0 Å². The molecule has 0 amide bonds. The fourth-order valence-electron chi connectivity index (χ4n) is 3.02. The van der Waals surface area contributed by atoms with Crippen LogP contribution in [0.5, 0.6) is 5.75 Å². The van der Waals surface area contributed by atoms with Crippen LogP contribution in [0.15, 0.2) is 16.6 Å². The van der Waals surface area contributed by atoms with Crippen molar-refractivity contribution in [3.8, 4) is 5.75 Å². The maximum atomic E-state index is 11.6. The second-order valence-corrected chi connectivity index (χ2v) is 7.49. The van der Waals surface area contributed by atoms with Crippen molar-refractivity contribution >= 4 is 43.5 Å². The summed E-state index contributed by atoms with van der Waals surface area (Å²) in [5, 5.41) is 1.17.